The Labute approximate surface area is 226 Å². The number of piperazine rings is 1. The molecule has 1 unspecified atom stereocenters. The van der Waals surface area contributed by atoms with Crippen molar-refractivity contribution in [2.45, 2.75) is 31.8 Å². The van der Waals surface area contributed by atoms with E-state index in [0.717, 1.165) is 34.9 Å². The summed E-state index contributed by atoms with van der Waals surface area (Å²) >= 11 is 0. The Morgan fingerprint density at radius 1 is 1.10 bits per heavy atom. The maximum atomic E-state index is 13.5. The van der Waals surface area contributed by atoms with Crippen molar-refractivity contribution in [3.63, 3.8) is 0 Å². The summed E-state index contributed by atoms with van der Waals surface area (Å²) in [5.41, 5.74) is 2.26. The van der Waals surface area contributed by atoms with E-state index in [1.54, 1.807) is 23.3 Å². The Balaban J connectivity index is 1.29. The summed E-state index contributed by atoms with van der Waals surface area (Å²) in [5.74, 6) is 2.69. The second-order valence-corrected chi connectivity index (χ2v) is 9.87. The number of pyridine rings is 1. The van der Waals surface area contributed by atoms with Gasteiger partial charge in [0.1, 0.15) is 12.1 Å². The molecule has 0 aliphatic carbocycles. The number of carbonyl (C=O) groups excluding carboxylic acids is 1. The van der Waals surface area contributed by atoms with Gasteiger partial charge in [0.05, 0.1) is 12.0 Å². The lowest BCUT2D eigenvalue weighted by Crippen LogP contribution is -2.64. The van der Waals surface area contributed by atoms with Crippen molar-refractivity contribution in [1.29, 1.82) is 0 Å². The van der Waals surface area contributed by atoms with Crippen LogP contribution in [0.4, 0.5) is 5.82 Å². The Bertz CT molecular complexity index is 1450. The van der Waals surface area contributed by atoms with Crippen LogP contribution in [0.5, 0.6) is 11.5 Å². The fourth-order valence-corrected chi connectivity index (χ4v) is 5.24. The third-order valence-corrected chi connectivity index (χ3v) is 7.05. The summed E-state index contributed by atoms with van der Waals surface area (Å²) in [7, 11) is 0. The maximum absolute atomic E-state index is 13.5. The summed E-state index contributed by atoms with van der Waals surface area (Å²) in [6, 6.07) is 11.7. The van der Waals surface area contributed by atoms with Crippen LogP contribution >= 0.6 is 0 Å². The highest BCUT2D eigenvalue weighted by atomic mass is 16.7. The first-order valence-corrected chi connectivity index (χ1v) is 12.9. The van der Waals surface area contributed by atoms with Gasteiger partial charge in [0.15, 0.2) is 11.5 Å². The van der Waals surface area contributed by atoms with Gasteiger partial charge in [-0.25, -0.2) is 9.97 Å². The van der Waals surface area contributed by atoms with Crippen LogP contribution in [0.25, 0.3) is 5.95 Å². The zero-order valence-electron chi connectivity index (χ0n) is 21.7. The first kappa shape index (κ1) is 24.8. The monoisotopic (exact) mass is 526 g/mol. The van der Waals surface area contributed by atoms with Crippen molar-refractivity contribution in [2.75, 3.05) is 31.3 Å². The third kappa shape index (κ3) is 5.39. The lowest BCUT2D eigenvalue weighted by molar-refractivity contribution is -0.122. The first-order valence-electron chi connectivity index (χ1n) is 12.9. The molecule has 2 aliphatic heterocycles. The molecule has 1 fully saturated rings. The number of hydrogen-bond donors (Lipinski definition) is 2. The number of carbonyl (C=O) groups is 1. The normalized spacial score (nSPS) is 18.2. The highest BCUT2D eigenvalue weighted by Crippen LogP contribution is 2.33. The van der Waals surface area contributed by atoms with Crippen LogP contribution in [-0.4, -0.2) is 62.4 Å². The van der Waals surface area contributed by atoms with E-state index in [0.29, 0.717) is 37.8 Å². The molecule has 1 amide bonds. The SMILES string of the molecule is Cc1cc(N2CCNCC2(CC(=O)NCc2ccc3c(c2)OCO3)Cc2cccnc2)nc(-n2ccnc2)n1. The number of rotatable bonds is 8. The van der Waals surface area contributed by atoms with E-state index in [1.807, 2.05) is 55.7 Å². The van der Waals surface area contributed by atoms with Gasteiger partial charge in [-0.2, -0.15) is 4.98 Å². The molecule has 2 N–H and O–H groups in total. The van der Waals surface area contributed by atoms with E-state index in [1.165, 1.54) is 0 Å². The highest BCUT2D eigenvalue weighted by Gasteiger charge is 2.42. The molecule has 11 heteroatoms. The fraction of sp³-hybridized carbons (Fsp3) is 0.321. The summed E-state index contributed by atoms with van der Waals surface area (Å²) in [6.07, 6.45) is 9.72. The van der Waals surface area contributed by atoms with E-state index in [2.05, 4.69) is 30.5 Å². The Hall–Kier alpha value is -4.51. The van der Waals surface area contributed by atoms with Crippen molar-refractivity contribution < 1.29 is 14.3 Å². The molecule has 1 saturated heterocycles. The number of imidazole rings is 1. The lowest BCUT2D eigenvalue weighted by Gasteiger charge is -2.48. The quantitative estimate of drug-likeness (QED) is 0.356. The largest absolute Gasteiger partial charge is 0.454 e. The molecule has 200 valence electrons. The van der Waals surface area contributed by atoms with Crippen molar-refractivity contribution in [3.8, 4) is 17.4 Å². The number of aromatic nitrogens is 5. The number of hydrogen-bond acceptors (Lipinski definition) is 9. The van der Waals surface area contributed by atoms with Crippen molar-refractivity contribution in [2.24, 2.45) is 0 Å². The average molecular weight is 527 g/mol. The van der Waals surface area contributed by atoms with E-state index in [-0.39, 0.29) is 19.1 Å². The highest BCUT2D eigenvalue weighted by molar-refractivity contribution is 5.78. The minimum atomic E-state index is -0.576. The first-order chi connectivity index (χ1) is 19.1. The second kappa shape index (κ2) is 10.7. The summed E-state index contributed by atoms with van der Waals surface area (Å²) in [6.45, 7) is 4.64. The molecule has 6 rings (SSSR count). The predicted octanol–water partition coefficient (Wildman–Crippen LogP) is 2.19. The van der Waals surface area contributed by atoms with Gasteiger partial charge in [-0.05, 0) is 42.7 Å². The summed E-state index contributed by atoms with van der Waals surface area (Å²) in [4.78, 5) is 33.8. The van der Waals surface area contributed by atoms with Crippen molar-refractivity contribution in [1.82, 2.24) is 35.1 Å². The molecule has 39 heavy (non-hydrogen) atoms. The van der Waals surface area contributed by atoms with E-state index in [4.69, 9.17) is 14.5 Å². The van der Waals surface area contributed by atoms with Crippen LogP contribution in [0.15, 0.2) is 67.5 Å². The lowest BCUT2D eigenvalue weighted by atomic mass is 9.84. The van der Waals surface area contributed by atoms with Crippen LogP contribution in [0.3, 0.4) is 0 Å². The smallest absolute Gasteiger partial charge is 0.237 e. The molecule has 2 aliphatic rings. The van der Waals surface area contributed by atoms with Gasteiger partial charge in [-0.15, -0.1) is 0 Å². The van der Waals surface area contributed by atoms with E-state index >= 15 is 0 Å². The number of anilines is 1. The van der Waals surface area contributed by atoms with Crippen LogP contribution in [0.2, 0.25) is 0 Å². The number of fused-ring (bicyclic) bond motifs is 1. The molecule has 0 bridgehead atoms. The van der Waals surface area contributed by atoms with Gasteiger partial charge >= 0.3 is 0 Å². The van der Waals surface area contributed by atoms with Crippen LogP contribution in [0, 0.1) is 6.92 Å². The second-order valence-electron chi connectivity index (χ2n) is 9.87. The van der Waals surface area contributed by atoms with Gasteiger partial charge in [0.2, 0.25) is 18.6 Å². The average Bonchev–Trinajstić information content (AvgIpc) is 3.65. The number of nitrogens with zero attached hydrogens (tertiary/aromatic N) is 6. The number of amides is 1. The number of aryl methyl sites for hydroxylation is 1. The van der Waals surface area contributed by atoms with Crippen molar-refractivity contribution in [3.05, 3.63) is 84.3 Å². The summed E-state index contributed by atoms with van der Waals surface area (Å²) in [5, 5.41) is 6.64. The van der Waals surface area contributed by atoms with Gasteiger partial charge < -0.3 is 25.0 Å². The maximum Gasteiger partial charge on any atom is 0.237 e. The van der Waals surface area contributed by atoms with Gasteiger partial charge in [-0.3, -0.25) is 14.3 Å². The number of benzene rings is 1. The third-order valence-electron chi connectivity index (χ3n) is 7.05. The Kier molecular flexibility index (Phi) is 6.80. The molecule has 0 radical (unpaired) electrons. The van der Waals surface area contributed by atoms with Crippen LogP contribution < -0.4 is 25.0 Å². The molecular weight excluding hydrogens is 496 g/mol. The zero-order valence-corrected chi connectivity index (χ0v) is 21.7. The number of nitrogens with one attached hydrogen (secondary N) is 2. The minimum absolute atomic E-state index is 0.0501. The molecular formula is C28H30N8O3. The summed E-state index contributed by atoms with van der Waals surface area (Å²) < 4.78 is 12.7. The minimum Gasteiger partial charge on any atom is -0.454 e. The van der Waals surface area contributed by atoms with E-state index < -0.39 is 5.54 Å². The Morgan fingerprint density at radius 2 is 2.03 bits per heavy atom. The topological polar surface area (TPSA) is 119 Å². The Morgan fingerprint density at radius 3 is 2.87 bits per heavy atom. The fourth-order valence-electron chi connectivity index (χ4n) is 5.24. The predicted molar refractivity (Wildman–Crippen MR) is 144 cm³/mol. The molecule has 1 aromatic carbocycles. The molecule has 0 spiro atoms. The van der Waals surface area contributed by atoms with Gasteiger partial charge in [-0.1, -0.05) is 12.1 Å². The van der Waals surface area contributed by atoms with Gasteiger partial charge in [0.25, 0.3) is 0 Å². The number of ether oxygens (including phenoxy) is 2. The van der Waals surface area contributed by atoms with Crippen molar-refractivity contribution >= 4 is 11.7 Å². The zero-order chi connectivity index (χ0) is 26.7. The molecule has 4 aromatic rings. The van der Waals surface area contributed by atoms with Crippen LogP contribution in [0.1, 0.15) is 23.2 Å². The standard InChI is InChI=1S/C28H30N8O3/c1-20-11-25(34-27(33-20)35-9-7-31-18-35)36-10-8-30-17-28(36,13-22-3-2-6-29-15-22)14-26(37)32-16-21-4-5-23-24(12-21)39-19-38-23/h2-7,9,11-12,15,18,30H,8,10,13-14,16-17,19H2,1H3,(H,32,37). The van der Waals surface area contributed by atoms with Gasteiger partial charge in [0, 0.05) is 62.7 Å². The molecule has 0 saturated carbocycles. The molecule has 11 nitrogen and oxygen atoms in total. The van der Waals surface area contributed by atoms with Crippen LogP contribution in [-0.2, 0) is 17.8 Å². The van der Waals surface area contributed by atoms with E-state index in [9.17, 15) is 4.79 Å². The molecule has 5 heterocycles. The molecule has 3 aromatic heterocycles. The molecule has 1 atom stereocenters.